The number of ether oxygens (including phenoxy) is 3. The summed E-state index contributed by atoms with van der Waals surface area (Å²) in [4.78, 5) is 23.7. The highest BCUT2D eigenvalue weighted by molar-refractivity contribution is 6.15. The first kappa shape index (κ1) is 17.8. The van der Waals surface area contributed by atoms with Gasteiger partial charge in [-0.15, -0.1) is 0 Å². The van der Waals surface area contributed by atoms with Gasteiger partial charge in [-0.3, -0.25) is 0 Å². The van der Waals surface area contributed by atoms with E-state index in [1.165, 1.54) is 26.0 Å². The molecule has 1 N–H and O–H groups in total. The lowest BCUT2D eigenvalue weighted by atomic mass is 10.2. The number of para-hydroxylation sites is 1. The predicted molar refractivity (Wildman–Crippen MR) is 84.7 cm³/mol. The van der Waals surface area contributed by atoms with Gasteiger partial charge in [-0.2, -0.15) is 0 Å². The molecular weight excluding hydrogens is 317 g/mol. The summed E-state index contributed by atoms with van der Waals surface area (Å²) < 4.78 is 29.4. The zero-order chi connectivity index (χ0) is 17.9. The van der Waals surface area contributed by atoms with Gasteiger partial charge >= 0.3 is 11.9 Å². The second kappa shape index (κ2) is 6.90. The van der Waals surface area contributed by atoms with Crippen LogP contribution in [-0.4, -0.2) is 24.3 Å². The summed E-state index contributed by atoms with van der Waals surface area (Å²) in [6.07, 6.45) is 1.12. The van der Waals surface area contributed by atoms with Crippen molar-refractivity contribution in [3.63, 3.8) is 0 Å². The monoisotopic (exact) mass is 337 g/mol. The number of rotatable bonds is 5. The second-order valence-electron chi connectivity index (χ2n) is 6.20. The summed E-state index contributed by atoms with van der Waals surface area (Å²) in [6, 6.07) is 4.32. The molecule has 6 nitrogen and oxygen atoms in total. The first-order chi connectivity index (χ1) is 11.2. The number of hydrogen-bond donors (Lipinski definition) is 1. The maximum atomic E-state index is 14.0. The summed E-state index contributed by atoms with van der Waals surface area (Å²) in [5.41, 5.74) is -0.0259. The van der Waals surface area contributed by atoms with Gasteiger partial charge < -0.3 is 19.5 Å². The molecule has 0 aromatic heterocycles. The first-order valence-electron chi connectivity index (χ1n) is 7.54. The van der Waals surface area contributed by atoms with E-state index in [2.05, 4.69) is 5.32 Å². The van der Waals surface area contributed by atoms with Gasteiger partial charge in [-0.05, 0) is 18.1 Å². The third kappa shape index (κ3) is 4.24. The summed E-state index contributed by atoms with van der Waals surface area (Å²) in [5, 5.41) is 2.71. The molecule has 130 valence electrons. The van der Waals surface area contributed by atoms with Crippen LogP contribution in [0.15, 0.2) is 30.0 Å². The summed E-state index contributed by atoms with van der Waals surface area (Å²) in [7, 11) is 0. The highest BCUT2D eigenvalue weighted by Crippen LogP contribution is 2.29. The molecule has 2 rings (SSSR count). The number of carbonyl (C=O) groups is 2. The molecule has 0 spiro atoms. The number of nitrogens with one attached hydrogen (secondary N) is 1. The Labute approximate surface area is 139 Å². The van der Waals surface area contributed by atoms with Crippen LogP contribution in [0.4, 0.5) is 10.1 Å². The molecular formula is C17H20FNO5. The van der Waals surface area contributed by atoms with Crippen molar-refractivity contribution in [3.8, 4) is 5.75 Å². The number of anilines is 1. The fourth-order valence-electron chi connectivity index (χ4n) is 1.95. The lowest BCUT2D eigenvalue weighted by Gasteiger charge is -2.29. The van der Waals surface area contributed by atoms with Crippen LogP contribution >= 0.6 is 0 Å². The minimum absolute atomic E-state index is 0.0147. The van der Waals surface area contributed by atoms with Crippen molar-refractivity contribution in [1.82, 2.24) is 0 Å². The SMILES string of the molecule is CC(C)COc1c(F)cccc1NC=C1C(=O)OC(C)(C)OC1=O. The minimum atomic E-state index is -1.31. The molecule has 1 aromatic rings. The predicted octanol–water partition coefficient (Wildman–Crippen LogP) is 2.99. The van der Waals surface area contributed by atoms with Gasteiger partial charge in [0.25, 0.3) is 5.79 Å². The van der Waals surface area contributed by atoms with Gasteiger partial charge in [0.05, 0.1) is 12.3 Å². The smallest absolute Gasteiger partial charge is 0.350 e. The topological polar surface area (TPSA) is 73.9 Å². The molecule has 1 aliphatic heterocycles. The number of carbonyl (C=O) groups excluding carboxylic acids is 2. The molecule has 24 heavy (non-hydrogen) atoms. The Kier molecular flexibility index (Phi) is 5.11. The summed E-state index contributed by atoms with van der Waals surface area (Å²) >= 11 is 0. The normalized spacial score (nSPS) is 16.5. The van der Waals surface area contributed by atoms with E-state index in [4.69, 9.17) is 14.2 Å². The number of halogens is 1. The number of hydrogen-bond acceptors (Lipinski definition) is 6. The summed E-state index contributed by atoms with van der Waals surface area (Å²) in [5.74, 6) is -3.26. The van der Waals surface area contributed by atoms with Gasteiger partial charge in [0.15, 0.2) is 17.1 Å². The van der Waals surface area contributed by atoms with Crippen molar-refractivity contribution in [3.05, 3.63) is 35.8 Å². The average Bonchev–Trinajstić information content (AvgIpc) is 2.44. The van der Waals surface area contributed by atoms with E-state index in [1.54, 1.807) is 6.07 Å². The molecule has 0 atom stereocenters. The lowest BCUT2D eigenvalue weighted by molar-refractivity contribution is -0.222. The van der Waals surface area contributed by atoms with Gasteiger partial charge in [0.2, 0.25) is 0 Å². The second-order valence-corrected chi connectivity index (χ2v) is 6.20. The molecule has 7 heteroatoms. The molecule has 1 aromatic carbocycles. The van der Waals surface area contributed by atoms with Crippen LogP contribution in [0, 0.1) is 11.7 Å². The lowest BCUT2D eigenvalue weighted by Crippen LogP contribution is -2.42. The van der Waals surface area contributed by atoms with Crippen LogP contribution in [0.1, 0.15) is 27.7 Å². The van der Waals surface area contributed by atoms with Crippen molar-refractivity contribution in [2.75, 3.05) is 11.9 Å². The Morgan fingerprint density at radius 3 is 2.46 bits per heavy atom. The molecule has 0 bridgehead atoms. The maximum Gasteiger partial charge on any atom is 0.350 e. The zero-order valence-corrected chi connectivity index (χ0v) is 14.0. The Balaban J connectivity index is 2.21. The molecule has 1 heterocycles. The molecule has 0 aliphatic carbocycles. The number of cyclic esters (lactones) is 2. The van der Waals surface area contributed by atoms with E-state index in [0.29, 0.717) is 6.61 Å². The van der Waals surface area contributed by atoms with E-state index in [1.807, 2.05) is 13.8 Å². The third-order valence-corrected chi connectivity index (χ3v) is 3.02. The number of benzene rings is 1. The Morgan fingerprint density at radius 1 is 1.25 bits per heavy atom. The molecule has 0 saturated carbocycles. The fraction of sp³-hybridized carbons (Fsp3) is 0.412. The molecule has 1 fully saturated rings. The standard InChI is InChI=1S/C17H20FNO5/c1-10(2)9-22-14-12(18)6-5-7-13(14)19-8-11-15(20)23-17(3,4)24-16(11)21/h5-8,10,19H,9H2,1-4H3. The van der Waals surface area contributed by atoms with Crippen LogP contribution in [-0.2, 0) is 19.1 Å². The van der Waals surface area contributed by atoms with Crippen LogP contribution in [0.2, 0.25) is 0 Å². The highest BCUT2D eigenvalue weighted by Gasteiger charge is 2.39. The molecule has 0 radical (unpaired) electrons. The quantitative estimate of drug-likeness (QED) is 0.506. The third-order valence-electron chi connectivity index (χ3n) is 3.02. The first-order valence-corrected chi connectivity index (χ1v) is 7.54. The molecule has 0 amide bonds. The van der Waals surface area contributed by atoms with E-state index in [9.17, 15) is 14.0 Å². The van der Waals surface area contributed by atoms with Crippen LogP contribution < -0.4 is 10.1 Å². The zero-order valence-electron chi connectivity index (χ0n) is 14.0. The van der Waals surface area contributed by atoms with E-state index in [-0.39, 0.29) is 22.9 Å². The average molecular weight is 337 g/mol. The molecule has 0 unspecified atom stereocenters. The van der Waals surface area contributed by atoms with Gasteiger partial charge in [-0.25, -0.2) is 14.0 Å². The largest absolute Gasteiger partial charge is 0.488 e. The maximum absolute atomic E-state index is 14.0. The summed E-state index contributed by atoms with van der Waals surface area (Å²) in [6.45, 7) is 7.11. The minimum Gasteiger partial charge on any atom is -0.488 e. The van der Waals surface area contributed by atoms with E-state index < -0.39 is 23.5 Å². The van der Waals surface area contributed by atoms with Crippen molar-refractivity contribution in [2.45, 2.75) is 33.5 Å². The fourth-order valence-corrected chi connectivity index (χ4v) is 1.95. The number of esters is 2. The molecule has 1 saturated heterocycles. The van der Waals surface area contributed by atoms with Crippen molar-refractivity contribution < 1.29 is 28.2 Å². The van der Waals surface area contributed by atoms with Crippen molar-refractivity contribution >= 4 is 17.6 Å². The van der Waals surface area contributed by atoms with Gasteiger partial charge in [-0.1, -0.05) is 19.9 Å². The van der Waals surface area contributed by atoms with Gasteiger partial charge in [0, 0.05) is 20.0 Å². The Bertz CT molecular complexity index is 660. The van der Waals surface area contributed by atoms with Crippen LogP contribution in [0.5, 0.6) is 5.75 Å². The highest BCUT2D eigenvalue weighted by atomic mass is 19.1. The van der Waals surface area contributed by atoms with Crippen LogP contribution in [0.25, 0.3) is 0 Å². The Morgan fingerprint density at radius 2 is 1.88 bits per heavy atom. The van der Waals surface area contributed by atoms with Crippen molar-refractivity contribution in [1.29, 1.82) is 0 Å². The van der Waals surface area contributed by atoms with Gasteiger partial charge in [0.1, 0.15) is 0 Å². The van der Waals surface area contributed by atoms with E-state index in [0.717, 1.165) is 6.20 Å². The Hall–Kier alpha value is -2.57. The van der Waals surface area contributed by atoms with Crippen LogP contribution in [0.3, 0.4) is 0 Å². The molecule has 1 aliphatic rings. The van der Waals surface area contributed by atoms with Crippen molar-refractivity contribution in [2.24, 2.45) is 5.92 Å². The van der Waals surface area contributed by atoms with E-state index >= 15 is 0 Å².